The van der Waals surface area contributed by atoms with Gasteiger partial charge in [0, 0.05) is 25.8 Å². The SMILES string of the molecule is CCn1ccc(CNC(=O)c2cc(S(=O)(=O)N3CCCC3)c(Cl)cc2Cl)n1. The molecule has 3 rings (SSSR count). The Morgan fingerprint density at radius 3 is 2.56 bits per heavy atom. The summed E-state index contributed by atoms with van der Waals surface area (Å²) in [6.45, 7) is 3.80. The maximum absolute atomic E-state index is 12.8. The summed E-state index contributed by atoms with van der Waals surface area (Å²) in [5.41, 5.74) is 0.758. The highest BCUT2D eigenvalue weighted by molar-refractivity contribution is 7.89. The zero-order valence-electron chi connectivity index (χ0n) is 14.8. The minimum atomic E-state index is -3.76. The van der Waals surface area contributed by atoms with Crippen molar-refractivity contribution in [1.82, 2.24) is 19.4 Å². The second kappa shape index (κ2) is 8.18. The molecule has 1 saturated heterocycles. The molecule has 146 valence electrons. The molecule has 0 spiro atoms. The molecule has 0 unspecified atom stereocenters. The fourth-order valence-corrected chi connectivity index (χ4v) is 5.26. The van der Waals surface area contributed by atoms with Crippen LogP contribution in [0.15, 0.2) is 29.3 Å². The van der Waals surface area contributed by atoms with Crippen LogP contribution in [-0.4, -0.2) is 41.5 Å². The maximum atomic E-state index is 12.8. The van der Waals surface area contributed by atoms with Crippen molar-refractivity contribution in [3.63, 3.8) is 0 Å². The standard InChI is InChI=1S/C17H20Cl2N4O3S/c1-2-22-8-5-12(21-22)11-20-17(24)13-9-16(15(19)10-14(13)18)27(25,26)23-6-3-4-7-23/h5,8-10H,2-4,6-7,11H2,1H3,(H,20,24). The first kappa shape index (κ1) is 20.1. The van der Waals surface area contributed by atoms with Gasteiger partial charge in [0.15, 0.2) is 0 Å². The monoisotopic (exact) mass is 430 g/mol. The van der Waals surface area contributed by atoms with Crippen LogP contribution in [0, 0.1) is 0 Å². The number of benzene rings is 1. The highest BCUT2D eigenvalue weighted by atomic mass is 35.5. The normalized spacial score (nSPS) is 15.2. The molecule has 1 fully saturated rings. The number of sulfonamides is 1. The molecule has 2 aromatic rings. The Labute approximate surface area is 168 Å². The number of nitrogens with one attached hydrogen (secondary N) is 1. The topological polar surface area (TPSA) is 84.3 Å². The van der Waals surface area contributed by atoms with Crippen LogP contribution in [0.1, 0.15) is 35.8 Å². The lowest BCUT2D eigenvalue weighted by Gasteiger charge is -2.17. The Hall–Kier alpha value is -1.61. The summed E-state index contributed by atoms with van der Waals surface area (Å²) in [6, 6.07) is 4.35. The van der Waals surface area contributed by atoms with Crippen LogP contribution in [0.2, 0.25) is 10.0 Å². The fourth-order valence-electron chi connectivity index (χ4n) is 2.91. The van der Waals surface area contributed by atoms with E-state index < -0.39 is 15.9 Å². The molecule has 1 N–H and O–H groups in total. The van der Waals surface area contributed by atoms with E-state index in [9.17, 15) is 13.2 Å². The summed E-state index contributed by atoms with van der Waals surface area (Å²) in [7, 11) is -3.76. The average molecular weight is 431 g/mol. The quantitative estimate of drug-likeness (QED) is 0.763. The minimum Gasteiger partial charge on any atom is -0.346 e. The van der Waals surface area contributed by atoms with Gasteiger partial charge in [-0.2, -0.15) is 9.40 Å². The molecule has 0 atom stereocenters. The number of amides is 1. The predicted octanol–water partition coefficient (Wildman–Crippen LogP) is 2.92. The second-order valence-electron chi connectivity index (χ2n) is 6.22. The molecule has 1 aliphatic rings. The van der Waals surface area contributed by atoms with Crippen LogP contribution >= 0.6 is 23.2 Å². The van der Waals surface area contributed by atoms with Gasteiger partial charge in [-0.1, -0.05) is 23.2 Å². The van der Waals surface area contributed by atoms with Crippen molar-refractivity contribution in [2.45, 2.75) is 37.8 Å². The van der Waals surface area contributed by atoms with Crippen molar-refractivity contribution in [2.24, 2.45) is 0 Å². The van der Waals surface area contributed by atoms with Gasteiger partial charge in [-0.05, 0) is 38.0 Å². The van der Waals surface area contributed by atoms with Gasteiger partial charge >= 0.3 is 0 Å². The maximum Gasteiger partial charge on any atom is 0.253 e. The van der Waals surface area contributed by atoms with Gasteiger partial charge in [0.25, 0.3) is 5.91 Å². The van der Waals surface area contributed by atoms with E-state index in [-0.39, 0.29) is 27.0 Å². The van der Waals surface area contributed by atoms with E-state index in [0.29, 0.717) is 18.8 Å². The first-order valence-electron chi connectivity index (χ1n) is 8.62. The number of aryl methyl sites for hydroxylation is 1. The van der Waals surface area contributed by atoms with E-state index >= 15 is 0 Å². The molecule has 27 heavy (non-hydrogen) atoms. The van der Waals surface area contributed by atoms with Gasteiger partial charge in [-0.15, -0.1) is 0 Å². The number of halogens is 2. The van der Waals surface area contributed by atoms with Gasteiger partial charge in [-0.3, -0.25) is 9.48 Å². The highest BCUT2D eigenvalue weighted by Crippen LogP contribution is 2.32. The zero-order valence-corrected chi connectivity index (χ0v) is 17.1. The molecular formula is C17H20Cl2N4O3S. The molecule has 1 aromatic heterocycles. The first-order chi connectivity index (χ1) is 12.8. The van der Waals surface area contributed by atoms with Crippen molar-refractivity contribution in [2.75, 3.05) is 13.1 Å². The molecule has 0 radical (unpaired) electrons. The molecule has 0 bridgehead atoms. The number of nitrogens with zero attached hydrogens (tertiary/aromatic N) is 3. The van der Waals surface area contributed by atoms with E-state index in [0.717, 1.165) is 19.4 Å². The molecule has 2 heterocycles. The third kappa shape index (κ3) is 4.29. The Morgan fingerprint density at radius 1 is 1.22 bits per heavy atom. The molecule has 7 nitrogen and oxygen atoms in total. The lowest BCUT2D eigenvalue weighted by Crippen LogP contribution is -2.29. The van der Waals surface area contributed by atoms with E-state index in [1.807, 2.05) is 13.1 Å². The fraction of sp³-hybridized carbons (Fsp3) is 0.412. The summed E-state index contributed by atoms with van der Waals surface area (Å²) >= 11 is 12.3. The lowest BCUT2D eigenvalue weighted by molar-refractivity contribution is 0.0950. The molecular weight excluding hydrogens is 411 g/mol. The minimum absolute atomic E-state index is 0.00476. The van der Waals surface area contributed by atoms with Crippen LogP contribution in [0.4, 0.5) is 0 Å². The van der Waals surface area contributed by atoms with Crippen LogP contribution in [0.3, 0.4) is 0 Å². The predicted molar refractivity (Wildman–Crippen MR) is 104 cm³/mol. The number of carbonyl (C=O) groups is 1. The van der Waals surface area contributed by atoms with Crippen LogP contribution in [-0.2, 0) is 23.1 Å². The van der Waals surface area contributed by atoms with Crippen LogP contribution < -0.4 is 5.32 Å². The van der Waals surface area contributed by atoms with Gasteiger partial charge < -0.3 is 5.32 Å². The molecule has 1 aliphatic heterocycles. The number of aromatic nitrogens is 2. The molecule has 10 heteroatoms. The van der Waals surface area contributed by atoms with Gasteiger partial charge in [0.1, 0.15) is 4.90 Å². The van der Waals surface area contributed by atoms with Crippen molar-refractivity contribution in [3.05, 3.63) is 45.7 Å². The van der Waals surface area contributed by atoms with Crippen LogP contribution in [0.25, 0.3) is 0 Å². The van der Waals surface area contributed by atoms with E-state index in [2.05, 4.69) is 10.4 Å². The van der Waals surface area contributed by atoms with Crippen LogP contribution in [0.5, 0.6) is 0 Å². The van der Waals surface area contributed by atoms with Crippen molar-refractivity contribution < 1.29 is 13.2 Å². The summed E-state index contributed by atoms with van der Waals surface area (Å²) < 4.78 is 28.7. The third-order valence-electron chi connectivity index (χ3n) is 4.40. The second-order valence-corrected chi connectivity index (χ2v) is 8.94. The molecule has 1 amide bonds. The largest absolute Gasteiger partial charge is 0.346 e. The van der Waals surface area contributed by atoms with E-state index in [1.165, 1.54) is 16.4 Å². The van der Waals surface area contributed by atoms with Crippen molar-refractivity contribution in [1.29, 1.82) is 0 Å². The summed E-state index contributed by atoms with van der Waals surface area (Å²) in [4.78, 5) is 12.4. The van der Waals surface area contributed by atoms with E-state index in [1.54, 1.807) is 10.7 Å². The van der Waals surface area contributed by atoms with Gasteiger partial charge in [-0.25, -0.2) is 8.42 Å². The lowest BCUT2D eigenvalue weighted by atomic mass is 10.2. The Balaban J connectivity index is 1.83. The highest BCUT2D eigenvalue weighted by Gasteiger charge is 2.30. The molecule has 0 saturated carbocycles. The summed E-state index contributed by atoms with van der Waals surface area (Å²) in [6.07, 6.45) is 3.43. The van der Waals surface area contributed by atoms with Gasteiger partial charge in [0.05, 0.1) is 27.8 Å². The average Bonchev–Trinajstić information content (AvgIpc) is 3.31. The number of rotatable bonds is 6. The summed E-state index contributed by atoms with van der Waals surface area (Å²) in [5, 5.41) is 7.09. The Morgan fingerprint density at radius 2 is 1.93 bits per heavy atom. The van der Waals surface area contributed by atoms with Crippen molar-refractivity contribution in [3.8, 4) is 0 Å². The number of carbonyl (C=O) groups excluding carboxylic acids is 1. The first-order valence-corrected chi connectivity index (χ1v) is 10.8. The number of hydrogen-bond donors (Lipinski definition) is 1. The Kier molecular flexibility index (Phi) is 6.10. The van der Waals surface area contributed by atoms with Crippen molar-refractivity contribution >= 4 is 39.1 Å². The van der Waals surface area contributed by atoms with Gasteiger partial charge in [0.2, 0.25) is 10.0 Å². The smallest absolute Gasteiger partial charge is 0.253 e. The van der Waals surface area contributed by atoms with E-state index in [4.69, 9.17) is 23.2 Å². The zero-order chi connectivity index (χ0) is 19.6. The molecule has 1 aromatic carbocycles. The molecule has 0 aliphatic carbocycles. The summed E-state index contributed by atoms with van der Waals surface area (Å²) in [5.74, 6) is -0.486. The number of hydrogen-bond acceptors (Lipinski definition) is 4. The third-order valence-corrected chi connectivity index (χ3v) is 7.08. The Bertz CT molecular complexity index is 953.